The Morgan fingerprint density at radius 1 is 1.32 bits per heavy atom. The number of thiazole rings is 1. The van der Waals surface area contributed by atoms with Gasteiger partial charge in [0.05, 0.1) is 12.4 Å². The molecular weight excluding hydrogens is 368 g/mol. The van der Waals surface area contributed by atoms with E-state index in [1.807, 2.05) is 55.6 Å². The van der Waals surface area contributed by atoms with Crippen molar-refractivity contribution in [3.05, 3.63) is 71.5 Å². The Balaban J connectivity index is 1.97. The van der Waals surface area contributed by atoms with Gasteiger partial charge in [-0.3, -0.25) is 5.32 Å². The van der Waals surface area contributed by atoms with E-state index in [4.69, 9.17) is 4.74 Å². The predicted molar refractivity (Wildman–Crippen MR) is 121 cm³/mol. The number of aliphatic imine (C=N–C) groups is 1. The Kier molecular flexibility index (Phi) is 9.18. The molecule has 0 spiro atoms. The number of aryl methyl sites for hydroxylation is 1. The maximum Gasteiger partial charge on any atom is 0.184 e. The topological polar surface area (TPSA) is 58.5 Å². The van der Waals surface area contributed by atoms with Crippen molar-refractivity contribution in [1.82, 2.24) is 10.3 Å². The summed E-state index contributed by atoms with van der Waals surface area (Å²) in [6, 6.07) is 7.94. The van der Waals surface area contributed by atoms with Crippen molar-refractivity contribution < 1.29 is 4.74 Å². The molecular formula is C22H28N4OS. The minimum absolute atomic E-state index is 0.666. The summed E-state index contributed by atoms with van der Waals surface area (Å²) in [7, 11) is 0. The minimum Gasteiger partial charge on any atom is -0.457 e. The highest BCUT2D eigenvalue weighted by molar-refractivity contribution is 7.13. The fraction of sp³-hybridized carbons (Fsp3) is 0.273. The first kappa shape index (κ1) is 21.6. The molecule has 0 aliphatic carbocycles. The third-order valence-corrected chi connectivity index (χ3v) is 4.70. The summed E-state index contributed by atoms with van der Waals surface area (Å²) in [6.45, 7) is 13.7. The van der Waals surface area contributed by atoms with E-state index in [2.05, 4.69) is 33.9 Å². The second-order valence-electron chi connectivity index (χ2n) is 6.10. The van der Waals surface area contributed by atoms with E-state index in [1.165, 1.54) is 5.56 Å². The zero-order valence-electron chi connectivity index (χ0n) is 16.6. The molecule has 0 amide bonds. The van der Waals surface area contributed by atoms with Gasteiger partial charge >= 0.3 is 0 Å². The van der Waals surface area contributed by atoms with Gasteiger partial charge in [0.2, 0.25) is 0 Å². The lowest BCUT2D eigenvalue weighted by atomic mass is 10.1. The van der Waals surface area contributed by atoms with Crippen molar-refractivity contribution in [3.63, 3.8) is 0 Å². The Labute approximate surface area is 171 Å². The number of nitrogens with one attached hydrogen (secondary N) is 2. The molecule has 6 heteroatoms. The van der Waals surface area contributed by atoms with Crippen LogP contribution in [0.25, 0.3) is 5.57 Å². The lowest BCUT2D eigenvalue weighted by Crippen LogP contribution is -2.23. The Bertz CT molecular complexity index is 821. The average Bonchev–Trinajstić information content (AvgIpc) is 3.18. The quantitative estimate of drug-likeness (QED) is 0.173. The highest BCUT2D eigenvalue weighted by Crippen LogP contribution is 2.24. The first-order valence-corrected chi connectivity index (χ1v) is 10.1. The molecule has 0 bridgehead atoms. The zero-order chi connectivity index (χ0) is 20.2. The van der Waals surface area contributed by atoms with Gasteiger partial charge in [-0.25, -0.2) is 4.98 Å². The number of hydrogen-bond donors (Lipinski definition) is 2. The number of benzene rings is 1. The Morgan fingerprint density at radius 3 is 2.79 bits per heavy atom. The standard InChI is InChI=1S/C22H28N4OS/c1-5-18(14-19(6-2)27-20-10-8-17(3)9-11-20)21-15-28-22(26-21)25-16-24-13-7-12-23-4/h5-6,8-11,14-15,24H,2,4,7,12-13,16H2,1,3H3,(H,25,26)/b18-5+,19-14+. The molecule has 2 rings (SSSR count). The van der Waals surface area contributed by atoms with Crippen LogP contribution in [-0.4, -0.2) is 31.5 Å². The Hall–Kier alpha value is -2.70. The zero-order valence-corrected chi connectivity index (χ0v) is 17.4. The number of hydrogen-bond acceptors (Lipinski definition) is 6. The van der Waals surface area contributed by atoms with E-state index < -0.39 is 0 Å². The maximum atomic E-state index is 5.93. The third-order valence-electron chi connectivity index (χ3n) is 3.90. The number of nitrogens with zero attached hydrogens (tertiary/aromatic N) is 2. The van der Waals surface area contributed by atoms with E-state index in [9.17, 15) is 0 Å². The number of rotatable bonds is 12. The second-order valence-corrected chi connectivity index (χ2v) is 6.96. The van der Waals surface area contributed by atoms with Gasteiger partial charge in [0.25, 0.3) is 0 Å². The summed E-state index contributed by atoms with van der Waals surface area (Å²) in [5.74, 6) is 1.46. The molecule has 0 aliphatic rings. The van der Waals surface area contributed by atoms with Crippen molar-refractivity contribution in [2.45, 2.75) is 20.3 Å². The molecule has 0 fully saturated rings. The van der Waals surface area contributed by atoms with Crippen LogP contribution in [0.1, 0.15) is 24.6 Å². The van der Waals surface area contributed by atoms with Crippen LogP contribution in [0.15, 0.2) is 65.2 Å². The van der Waals surface area contributed by atoms with Gasteiger partial charge in [-0.15, -0.1) is 11.3 Å². The predicted octanol–water partition coefficient (Wildman–Crippen LogP) is 5.05. The number of anilines is 1. The van der Waals surface area contributed by atoms with Crippen molar-refractivity contribution in [3.8, 4) is 5.75 Å². The molecule has 0 aliphatic heterocycles. The molecule has 1 aromatic carbocycles. The van der Waals surface area contributed by atoms with E-state index in [1.54, 1.807) is 17.4 Å². The smallest absolute Gasteiger partial charge is 0.184 e. The summed E-state index contributed by atoms with van der Waals surface area (Å²) in [4.78, 5) is 8.49. The average molecular weight is 397 g/mol. The van der Waals surface area contributed by atoms with Crippen LogP contribution in [0.2, 0.25) is 0 Å². The molecule has 0 unspecified atom stereocenters. The van der Waals surface area contributed by atoms with Crippen molar-refractivity contribution >= 4 is 28.8 Å². The molecule has 28 heavy (non-hydrogen) atoms. The van der Waals surface area contributed by atoms with Crippen LogP contribution in [0.4, 0.5) is 5.13 Å². The molecule has 1 aromatic heterocycles. The van der Waals surface area contributed by atoms with Crippen LogP contribution in [-0.2, 0) is 0 Å². The van der Waals surface area contributed by atoms with Crippen LogP contribution in [0, 0.1) is 6.92 Å². The fourth-order valence-electron chi connectivity index (χ4n) is 2.36. The summed E-state index contributed by atoms with van der Waals surface area (Å²) in [6.07, 6.45) is 6.65. The van der Waals surface area contributed by atoms with Crippen LogP contribution in [0.3, 0.4) is 0 Å². The molecule has 0 atom stereocenters. The van der Waals surface area contributed by atoms with E-state index in [0.717, 1.165) is 41.7 Å². The molecule has 0 saturated carbocycles. The van der Waals surface area contributed by atoms with E-state index in [0.29, 0.717) is 12.4 Å². The minimum atomic E-state index is 0.666. The largest absolute Gasteiger partial charge is 0.457 e. The van der Waals surface area contributed by atoms with E-state index in [-0.39, 0.29) is 0 Å². The van der Waals surface area contributed by atoms with Crippen LogP contribution < -0.4 is 15.4 Å². The van der Waals surface area contributed by atoms with Crippen LogP contribution >= 0.6 is 11.3 Å². The molecule has 148 valence electrons. The molecule has 5 nitrogen and oxygen atoms in total. The monoisotopic (exact) mass is 396 g/mol. The van der Waals surface area contributed by atoms with Crippen molar-refractivity contribution in [2.75, 3.05) is 25.1 Å². The highest BCUT2D eigenvalue weighted by Gasteiger charge is 2.07. The normalized spacial score (nSPS) is 11.9. The van der Waals surface area contributed by atoms with E-state index >= 15 is 0 Å². The van der Waals surface area contributed by atoms with Gasteiger partial charge in [-0.1, -0.05) is 30.4 Å². The van der Waals surface area contributed by atoms with Gasteiger partial charge in [0.1, 0.15) is 11.5 Å². The molecule has 1 heterocycles. The van der Waals surface area contributed by atoms with Crippen molar-refractivity contribution in [2.24, 2.45) is 4.99 Å². The molecule has 0 radical (unpaired) electrons. The second kappa shape index (κ2) is 11.9. The van der Waals surface area contributed by atoms with Crippen molar-refractivity contribution in [1.29, 1.82) is 0 Å². The third kappa shape index (κ3) is 7.13. The number of allylic oxidation sites excluding steroid dienone is 4. The number of ether oxygens (including phenoxy) is 1. The molecule has 2 aromatic rings. The van der Waals surface area contributed by atoms with Gasteiger partial charge in [0, 0.05) is 17.5 Å². The molecule has 2 N–H and O–H groups in total. The summed E-state index contributed by atoms with van der Waals surface area (Å²) in [5, 5.41) is 9.49. The lowest BCUT2D eigenvalue weighted by molar-refractivity contribution is 0.445. The summed E-state index contributed by atoms with van der Waals surface area (Å²) >= 11 is 1.57. The first-order valence-electron chi connectivity index (χ1n) is 9.24. The summed E-state index contributed by atoms with van der Waals surface area (Å²) in [5.41, 5.74) is 3.08. The SMILES string of the molecule is C=C/C(=C\C(=C/C)c1csc(NCNCCCN=C)n1)Oc1ccc(C)cc1. The van der Waals surface area contributed by atoms with Crippen LogP contribution in [0.5, 0.6) is 5.75 Å². The van der Waals surface area contributed by atoms with Gasteiger partial charge in [0.15, 0.2) is 5.13 Å². The van der Waals surface area contributed by atoms with Gasteiger partial charge < -0.3 is 15.0 Å². The lowest BCUT2D eigenvalue weighted by Gasteiger charge is -2.08. The van der Waals surface area contributed by atoms with Gasteiger partial charge in [-0.2, -0.15) is 0 Å². The number of aromatic nitrogens is 1. The highest BCUT2D eigenvalue weighted by atomic mass is 32.1. The summed E-state index contributed by atoms with van der Waals surface area (Å²) < 4.78 is 5.93. The molecule has 0 saturated heterocycles. The first-order chi connectivity index (χ1) is 13.7. The Morgan fingerprint density at radius 2 is 2.11 bits per heavy atom. The van der Waals surface area contributed by atoms with Gasteiger partial charge in [-0.05, 0) is 57.8 Å². The fourth-order valence-corrected chi connectivity index (χ4v) is 3.08. The maximum absolute atomic E-state index is 5.93.